The van der Waals surface area contributed by atoms with Crippen LogP contribution < -0.4 is 25.6 Å². The van der Waals surface area contributed by atoms with Gasteiger partial charge in [-0.1, -0.05) is 24.3 Å². The zero-order valence-electron chi connectivity index (χ0n) is 14.4. The van der Waals surface area contributed by atoms with Gasteiger partial charge in [-0.25, -0.2) is 0 Å². The van der Waals surface area contributed by atoms with Crippen molar-refractivity contribution >= 4 is 29.1 Å². The summed E-state index contributed by atoms with van der Waals surface area (Å²) >= 11 is 4.98. The maximum Gasteiger partial charge on any atom is 0.276 e. The predicted octanol–water partition coefficient (Wildman–Crippen LogP) is 1.72. The number of carbonyl (C=O) groups is 2. The summed E-state index contributed by atoms with van der Waals surface area (Å²) < 4.78 is 10.5. The normalized spacial score (nSPS) is 9.77. The van der Waals surface area contributed by atoms with Crippen LogP contribution in [0.4, 0.5) is 0 Å². The van der Waals surface area contributed by atoms with E-state index in [0.717, 1.165) is 5.56 Å². The zero-order valence-corrected chi connectivity index (χ0v) is 15.2. The van der Waals surface area contributed by atoms with Crippen molar-refractivity contribution in [3.63, 3.8) is 0 Å². The van der Waals surface area contributed by atoms with Crippen molar-refractivity contribution in [2.45, 2.75) is 6.92 Å². The zero-order chi connectivity index (χ0) is 18.9. The minimum absolute atomic E-state index is 0.0511. The van der Waals surface area contributed by atoms with Crippen molar-refractivity contribution in [2.24, 2.45) is 0 Å². The molecule has 0 aliphatic rings. The van der Waals surface area contributed by atoms with E-state index < -0.39 is 11.8 Å². The van der Waals surface area contributed by atoms with Crippen LogP contribution in [0, 0.1) is 6.92 Å². The number of ether oxygens (including phenoxy) is 2. The lowest BCUT2D eigenvalue weighted by molar-refractivity contribution is -0.123. The number of thiocarbonyl (C=S) groups is 1. The summed E-state index contributed by atoms with van der Waals surface area (Å²) in [6.07, 6.45) is 0. The summed E-state index contributed by atoms with van der Waals surface area (Å²) in [5.41, 5.74) is 6.16. The summed E-state index contributed by atoms with van der Waals surface area (Å²) in [4.78, 5) is 23.9. The fraction of sp³-hybridized carbons (Fsp3) is 0.167. The molecule has 2 rings (SSSR count). The lowest BCUT2D eigenvalue weighted by Gasteiger charge is -2.12. The molecule has 0 spiro atoms. The minimum Gasteiger partial charge on any atom is -0.496 e. The van der Waals surface area contributed by atoms with Crippen LogP contribution in [0.3, 0.4) is 0 Å². The van der Waals surface area contributed by atoms with Crippen LogP contribution in [0.2, 0.25) is 0 Å². The molecule has 0 heterocycles. The molecular formula is C18H19N3O4S. The van der Waals surface area contributed by atoms with Crippen LogP contribution in [-0.4, -0.2) is 30.6 Å². The second kappa shape index (κ2) is 9.38. The SMILES string of the molecule is COc1ccccc1C(=O)NC(=S)NNC(=O)COc1cccc(C)c1. The molecule has 7 nitrogen and oxygen atoms in total. The highest BCUT2D eigenvalue weighted by molar-refractivity contribution is 7.80. The molecule has 0 radical (unpaired) electrons. The molecule has 0 aromatic heterocycles. The first-order chi connectivity index (χ1) is 12.5. The number of benzene rings is 2. The van der Waals surface area contributed by atoms with Crippen LogP contribution in [0.15, 0.2) is 48.5 Å². The topological polar surface area (TPSA) is 88.7 Å². The standard InChI is InChI=1S/C18H19N3O4S/c1-12-6-5-7-13(10-12)25-11-16(22)20-21-18(26)19-17(23)14-8-3-4-9-15(14)24-2/h3-10H,11H2,1-2H3,(H,20,22)(H2,19,21,23,26). The van der Waals surface area contributed by atoms with Gasteiger partial charge in [0.1, 0.15) is 11.5 Å². The summed E-state index contributed by atoms with van der Waals surface area (Å²) in [6.45, 7) is 1.73. The molecule has 2 amide bonds. The Bertz CT molecular complexity index is 811. The van der Waals surface area contributed by atoms with Crippen LogP contribution >= 0.6 is 12.2 Å². The first kappa shape index (κ1) is 19.2. The van der Waals surface area contributed by atoms with Gasteiger partial charge in [0.25, 0.3) is 11.8 Å². The van der Waals surface area contributed by atoms with E-state index in [1.54, 1.807) is 30.3 Å². The van der Waals surface area contributed by atoms with Gasteiger partial charge in [0.05, 0.1) is 12.7 Å². The Morgan fingerprint density at radius 2 is 1.85 bits per heavy atom. The Kier molecular flexibility index (Phi) is 6.92. The maximum atomic E-state index is 12.2. The van der Waals surface area contributed by atoms with Gasteiger partial charge < -0.3 is 9.47 Å². The Morgan fingerprint density at radius 1 is 1.08 bits per heavy atom. The number of para-hydroxylation sites is 1. The Morgan fingerprint density at radius 3 is 2.58 bits per heavy atom. The molecule has 0 aliphatic carbocycles. The third kappa shape index (κ3) is 5.75. The summed E-state index contributed by atoms with van der Waals surface area (Å²) in [7, 11) is 1.47. The van der Waals surface area contributed by atoms with E-state index in [9.17, 15) is 9.59 Å². The van der Waals surface area contributed by atoms with E-state index in [-0.39, 0.29) is 11.7 Å². The lowest BCUT2D eigenvalue weighted by atomic mass is 10.2. The third-order valence-electron chi connectivity index (χ3n) is 3.25. The smallest absolute Gasteiger partial charge is 0.276 e. The molecule has 0 saturated carbocycles. The molecule has 2 aromatic carbocycles. The van der Waals surface area contributed by atoms with Gasteiger partial charge in [-0.3, -0.25) is 25.8 Å². The van der Waals surface area contributed by atoms with E-state index in [4.69, 9.17) is 21.7 Å². The maximum absolute atomic E-state index is 12.2. The number of amides is 2. The van der Waals surface area contributed by atoms with Gasteiger partial charge in [0.2, 0.25) is 0 Å². The van der Waals surface area contributed by atoms with Gasteiger partial charge in [-0.2, -0.15) is 0 Å². The Labute approximate surface area is 156 Å². The van der Waals surface area contributed by atoms with Crippen molar-refractivity contribution in [1.82, 2.24) is 16.2 Å². The van der Waals surface area contributed by atoms with Crippen LogP contribution in [-0.2, 0) is 4.79 Å². The molecule has 0 bridgehead atoms. The molecule has 8 heteroatoms. The summed E-state index contributed by atoms with van der Waals surface area (Å²) in [6, 6.07) is 14.1. The molecule has 2 aromatic rings. The largest absolute Gasteiger partial charge is 0.496 e. The molecule has 0 atom stereocenters. The second-order valence-electron chi connectivity index (χ2n) is 5.26. The first-order valence-electron chi connectivity index (χ1n) is 7.72. The number of hydrogen-bond acceptors (Lipinski definition) is 5. The fourth-order valence-electron chi connectivity index (χ4n) is 2.05. The molecule has 0 aliphatic heterocycles. The molecule has 26 heavy (non-hydrogen) atoms. The van der Waals surface area contributed by atoms with Crippen molar-refractivity contribution in [1.29, 1.82) is 0 Å². The quantitative estimate of drug-likeness (QED) is 0.546. The molecule has 0 fully saturated rings. The number of hydrazine groups is 1. The van der Waals surface area contributed by atoms with E-state index in [1.807, 2.05) is 25.1 Å². The van der Waals surface area contributed by atoms with E-state index in [2.05, 4.69) is 16.2 Å². The van der Waals surface area contributed by atoms with E-state index >= 15 is 0 Å². The first-order valence-corrected chi connectivity index (χ1v) is 8.13. The predicted molar refractivity (Wildman–Crippen MR) is 101 cm³/mol. The summed E-state index contributed by atoms with van der Waals surface area (Å²) in [5.74, 6) is 0.112. The molecule has 0 unspecified atom stereocenters. The van der Waals surface area contributed by atoms with Gasteiger partial charge in [-0.15, -0.1) is 0 Å². The van der Waals surface area contributed by atoms with Crippen molar-refractivity contribution in [2.75, 3.05) is 13.7 Å². The van der Waals surface area contributed by atoms with Crippen LogP contribution in [0.25, 0.3) is 0 Å². The molecule has 0 saturated heterocycles. The van der Waals surface area contributed by atoms with Gasteiger partial charge in [0.15, 0.2) is 11.7 Å². The highest BCUT2D eigenvalue weighted by Crippen LogP contribution is 2.16. The number of hydrogen-bond donors (Lipinski definition) is 3. The van der Waals surface area contributed by atoms with Crippen molar-refractivity contribution in [3.8, 4) is 11.5 Å². The molecule has 3 N–H and O–H groups in total. The van der Waals surface area contributed by atoms with Gasteiger partial charge in [0, 0.05) is 0 Å². The lowest BCUT2D eigenvalue weighted by Crippen LogP contribution is -2.49. The number of rotatable bonds is 5. The highest BCUT2D eigenvalue weighted by Gasteiger charge is 2.13. The number of carbonyl (C=O) groups excluding carboxylic acids is 2. The summed E-state index contributed by atoms with van der Waals surface area (Å²) in [5, 5.41) is 2.40. The monoisotopic (exact) mass is 373 g/mol. The Balaban J connectivity index is 1.77. The number of methoxy groups -OCH3 is 1. The van der Waals surface area contributed by atoms with Crippen LogP contribution in [0.1, 0.15) is 15.9 Å². The fourth-order valence-corrected chi connectivity index (χ4v) is 2.19. The average Bonchev–Trinajstić information content (AvgIpc) is 2.64. The average molecular weight is 373 g/mol. The van der Waals surface area contributed by atoms with Crippen LogP contribution in [0.5, 0.6) is 11.5 Å². The third-order valence-corrected chi connectivity index (χ3v) is 3.46. The molecule has 136 valence electrons. The van der Waals surface area contributed by atoms with Crippen molar-refractivity contribution in [3.05, 3.63) is 59.7 Å². The Hall–Kier alpha value is -3.13. The molecular weight excluding hydrogens is 354 g/mol. The number of aryl methyl sites for hydroxylation is 1. The second-order valence-corrected chi connectivity index (χ2v) is 5.67. The van der Waals surface area contributed by atoms with Crippen molar-refractivity contribution < 1.29 is 19.1 Å². The highest BCUT2D eigenvalue weighted by atomic mass is 32.1. The van der Waals surface area contributed by atoms with Gasteiger partial charge >= 0.3 is 0 Å². The van der Waals surface area contributed by atoms with E-state index in [0.29, 0.717) is 17.1 Å². The van der Waals surface area contributed by atoms with Gasteiger partial charge in [-0.05, 0) is 49.0 Å². The van der Waals surface area contributed by atoms with E-state index in [1.165, 1.54) is 7.11 Å². The number of nitrogens with one attached hydrogen (secondary N) is 3. The minimum atomic E-state index is -0.454.